The zero-order chi connectivity index (χ0) is 11.1. The quantitative estimate of drug-likeness (QED) is 0.839. The van der Waals surface area contributed by atoms with Gasteiger partial charge >= 0.3 is 0 Å². The second-order valence-corrected chi connectivity index (χ2v) is 4.79. The molecule has 0 spiro atoms. The predicted molar refractivity (Wildman–Crippen MR) is 57.6 cm³/mol. The van der Waals surface area contributed by atoms with Crippen molar-refractivity contribution in [3.8, 4) is 0 Å². The van der Waals surface area contributed by atoms with Crippen molar-refractivity contribution in [2.75, 3.05) is 5.32 Å². The van der Waals surface area contributed by atoms with Gasteiger partial charge in [0.05, 0.1) is 0 Å². The van der Waals surface area contributed by atoms with Crippen molar-refractivity contribution in [1.82, 2.24) is 9.97 Å². The van der Waals surface area contributed by atoms with E-state index in [0.29, 0.717) is 5.82 Å². The Hall–Kier alpha value is -1.16. The summed E-state index contributed by atoms with van der Waals surface area (Å²) in [6.07, 6.45) is 3.90. The Morgan fingerprint density at radius 3 is 2.67 bits per heavy atom. The molecular weight excluding hydrogens is 214 g/mol. The molecule has 1 amide bonds. The molecule has 1 aromatic heterocycles. The molecule has 2 rings (SSSR count). The molecule has 4 nitrogen and oxygen atoms in total. The molecule has 1 aliphatic carbocycles. The van der Waals surface area contributed by atoms with Crippen LogP contribution in [0.2, 0.25) is 5.15 Å². The minimum absolute atomic E-state index is 0.0256. The first-order valence-electron chi connectivity index (χ1n) is 4.78. The number of nitrogens with zero attached hydrogens (tertiary/aromatic N) is 2. The SMILES string of the molecule is CC1(C)CC1C(=O)Nc1nccnc1Cl. The van der Waals surface area contributed by atoms with Crippen LogP contribution < -0.4 is 5.32 Å². The standard InChI is InChI=1S/C10H12ClN3O/c1-10(2)5-6(10)9(15)14-8-7(11)12-3-4-13-8/h3-4,6H,5H2,1-2H3,(H,13,14,15). The zero-order valence-corrected chi connectivity index (χ0v) is 9.38. The predicted octanol–water partition coefficient (Wildman–Crippen LogP) is 2.11. The van der Waals surface area contributed by atoms with Gasteiger partial charge in [0, 0.05) is 18.3 Å². The third kappa shape index (κ3) is 2.09. The molecule has 15 heavy (non-hydrogen) atoms. The van der Waals surface area contributed by atoms with E-state index in [-0.39, 0.29) is 22.4 Å². The average molecular weight is 226 g/mol. The number of hydrogen-bond donors (Lipinski definition) is 1. The van der Waals surface area contributed by atoms with Crippen LogP contribution in [-0.2, 0) is 4.79 Å². The third-order valence-corrected chi connectivity index (χ3v) is 3.00. The van der Waals surface area contributed by atoms with Crippen LogP contribution in [0.5, 0.6) is 0 Å². The van der Waals surface area contributed by atoms with Crippen LogP contribution in [0.25, 0.3) is 0 Å². The van der Waals surface area contributed by atoms with E-state index in [1.54, 1.807) is 0 Å². The smallest absolute Gasteiger partial charge is 0.229 e. The van der Waals surface area contributed by atoms with Crippen molar-refractivity contribution < 1.29 is 4.79 Å². The van der Waals surface area contributed by atoms with E-state index in [2.05, 4.69) is 29.1 Å². The summed E-state index contributed by atoms with van der Waals surface area (Å²) in [5, 5.41) is 2.91. The zero-order valence-electron chi connectivity index (χ0n) is 8.62. The van der Waals surface area contributed by atoms with E-state index in [1.165, 1.54) is 12.4 Å². The van der Waals surface area contributed by atoms with Gasteiger partial charge in [0.15, 0.2) is 11.0 Å². The fourth-order valence-electron chi connectivity index (χ4n) is 1.52. The van der Waals surface area contributed by atoms with Crippen molar-refractivity contribution >= 4 is 23.3 Å². The molecule has 1 saturated carbocycles. The van der Waals surface area contributed by atoms with E-state index in [0.717, 1.165) is 6.42 Å². The first kappa shape index (κ1) is 10.4. The van der Waals surface area contributed by atoms with Gasteiger partial charge < -0.3 is 5.32 Å². The van der Waals surface area contributed by atoms with Crippen LogP contribution in [-0.4, -0.2) is 15.9 Å². The van der Waals surface area contributed by atoms with Gasteiger partial charge in [-0.2, -0.15) is 0 Å². The van der Waals surface area contributed by atoms with E-state index in [4.69, 9.17) is 11.6 Å². The van der Waals surface area contributed by atoms with E-state index < -0.39 is 0 Å². The molecule has 1 heterocycles. The molecule has 0 radical (unpaired) electrons. The summed E-state index contributed by atoms with van der Waals surface area (Å²) in [6.45, 7) is 4.13. The molecule has 1 unspecified atom stereocenters. The van der Waals surface area contributed by atoms with Crippen molar-refractivity contribution in [1.29, 1.82) is 0 Å². The van der Waals surface area contributed by atoms with Crippen molar-refractivity contribution in [3.05, 3.63) is 17.5 Å². The molecule has 1 N–H and O–H groups in total. The van der Waals surface area contributed by atoms with Gasteiger partial charge in [0.2, 0.25) is 5.91 Å². The Bertz CT molecular complexity index is 405. The first-order valence-corrected chi connectivity index (χ1v) is 5.16. The third-order valence-electron chi connectivity index (χ3n) is 2.73. The minimum Gasteiger partial charge on any atom is -0.308 e. The molecule has 80 valence electrons. The molecule has 0 aliphatic heterocycles. The monoisotopic (exact) mass is 225 g/mol. The van der Waals surface area contributed by atoms with Gasteiger partial charge in [-0.25, -0.2) is 9.97 Å². The van der Waals surface area contributed by atoms with Crippen LogP contribution in [0.1, 0.15) is 20.3 Å². The molecule has 1 aliphatic rings. The Morgan fingerprint density at radius 2 is 2.13 bits per heavy atom. The number of carbonyl (C=O) groups excluding carboxylic acids is 1. The highest BCUT2D eigenvalue weighted by atomic mass is 35.5. The van der Waals surface area contributed by atoms with E-state index >= 15 is 0 Å². The maximum atomic E-state index is 11.7. The number of amides is 1. The fourth-order valence-corrected chi connectivity index (χ4v) is 1.68. The Labute approximate surface area is 93.1 Å². The molecule has 0 saturated heterocycles. The number of rotatable bonds is 2. The Balaban J connectivity index is 2.05. The number of nitrogens with one attached hydrogen (secondary N) is 1. The number of hydrogen-bond acceptors (Lipinski definition) is 3. The second kappa shape index (κ2) is 3.45. The fraction of sp³-hybridized carbons (Fsp3) is 0.500. The lowest BCUT2D eigenvalue weighted by Crippen LogP contribution is -2.17. The van der Waals surface area contributed by atoms with Crippen LogP contribution in [0.3, 0.4) is 0 Å². The summed E-state index contributed by atoms with van der Waals surface area (Å²) in [7, 11) is 0. The van der Waals surface area contributed by atoms with Gasteiger partial charge in [0.25, 0.3) is 0 Å². The van der Waals surface area contributed by atoms with Crippen LogP contribution >= 0.6 is 11.6 Å². The van der Waals surface area contributed by atoms with Gasteiger partial charge in [-0.3, -0.25) is 4.79 Å². The summed E-state index contributed by atoms with van der Waals surface area (Å²) in [5.41, 5.74) is 0.110. The number of halogens is 1. The van der Waals surface area contributed by atoms with Crippen LogP contribution in [0.15, 0.2) is 12.4 Å². The maximum absolute atomic E-state index is 11.7. The molecule has 5 heteroatoms. The maximum Gasteiger partial charge on any atom is 0.229 e. The van der Waals surface area contributed by atoms with Crippen LogP contribution in [0.4, 0.5) is 5.82 Å². The van der Waals surface area contributed by atoms with Crippen molar-refractivity contribution in [3.63, 3.8) is 0 Å². The lowest BCUT2D eigenvalue weighted by atomic mass is 10.1. The summed E-state index contributed by atoms with van der Waals surface area (Å²) >= 11 is 5.78. The lowest BCUT2D eigenvalue weighted by molar-refractivity contribution is -0.118. The topological polar surface area (TPSA) is 54.9 Å². The van der Waals surface area contributed by atoms with Gasteiger partial charge in [-0.1, -0.05) is 25.4 Å². The van der Waals surface area contributed by atoms with Crippen LogP contribution in [0, 0.1) is 11.3 Å². The molecule has 1 fully saturated rings. The highest BCUT2D eigenvalue weighted by Crippen LogP contribution is 2.52. The number of anilines is 1. The summed E-state index contributed by atoms with van der Waals surface area (Å²) in [5.74, 6) is 0.379. The highest BCUT2D eigenvalue weighted by Gasteiger charge is 2.50. The normalized spacial score (nSPS) is 22.2. The highest BCUT2D eigenvalue weighted by molar-refractivity contribution is 6.32. The van der Waals surface area contributed by atoms with E-state index in [1.807, 2.05) is 0 Å². The van der Waals surface area contributed by atoms with Crippen molar-refractivity contribution in [2.45, 2.75) is 20.3 Å². The molecule has 0 bridgehead atoms. The van der Waals surface area contributed by atoms with Gasteiger partial charge in [0.1, 0.15) is 0 Å². The largest absolute Gasteiger partial charge is 0.308 e. The summed E-state index contributed by atoms with van der Waals surface area (Å²) in [4.78, 5) is 19.5. The Morgan fingerprint density at radius 1 is 1.53 bits per heavy atom. The summed E-state index contributed by atoms with van der Waals surface area (Å²) in [6, 6.07) is 0. The Kier molecular flexibility index (Phi) is 2.38. The minimum atomic E-state index is -0.0256. The van der Waals surface area contributed by atoms with E-state index in [9.17, 15) is 4.79 Å². The molecule has 1 aromatic rings. The molecule has 1 atom stereocenters. The number of aromatic nitrogens is 2. The first-order chi connectivity index (χ1) is 7.00. The van der Waals surface area contributed by atoms with Crippen molar-refractivity contribution in [2.24, 2.45) is 11.3 Å². The molecule has 0 aromatic carbocycles. The molecular formula is C10H12ClN3O. The second-order valence-electron chi connectivity index (χ2n) is 4.43. The number of carbonyl (C=O) groups is 1. The summed E-state index contributed by atoms with van der Waals surface area (Å²) < 4.78 is 0. The van der Waals surface area contributed by atoms with Gasteiger partial charge in [-0.05, 0) is 11.8 Å². The van der Waals surface area contributed by atoms with Gasteiger partial charge in [-0.15, -0.1) is 0 Å². The average Bonchev–Trinajstić information content (AvgIpc) is 2.79. The lowest BCUT2D eigenvalue weighted by Gasteiger charge is -2.05.